The van der Waals surface area contributed by atoms with Crippen LogP contribution in [0.15, 0.2) is 10.6 Å². The van der Waals surface area contributed by atoms with Crippen LogP contribution >= 0.6 is 0 Å². The van der Waals surface area contributed by atoms with Crippen LogP contribution in [0.4, 0.5) is 5.88 Å². The van der Waals surface area contributed by atoms with Crippen LogP contribution < -0.4 is 5.32 Å². The number of carbonyl (C=O) groups is 1. The predicted octanol–water partition coefficient (Wildman–Crippen LogP) is 0.624. The van der Waals surface area contributed by atoms with Crippen LogP contribution in [0.2, 0.25) is 0 Å². The molecule has 0 fully saturated rings. The SMILES string of the molecule is CCN(CCO)C(C)C(=O)Nc1cc(C)no1. The lowest BCUT2D eigenvalue weighted by Gasteiger charge is -2.25. The first-order valence-corrected chi connectivity index (χ1v) is 5.67. The summed E-state index contributed by atoms with van der Waals surface area (Å²) >= 11 is 0. The van der Waals surface area contributed by atoms with Gasteiger partial charge in [-0.05, 0) is 20.4 Å². The van der Waals surface area contributed by atoms with Gasteiger partial charge < -0.3 is 9.63 Å². The van der Waals surface area contributed by atoms with Crippen LogP contribution in [0.25, 0.3) is 0 Å². The third kappa shape index (κ3) is 3.83. The third-order valence-corrected chi connectivity index (χ3v) is 2.59. The maximum atomic E-state index is 11.9. The molecule has 0 bridgehead atoms. The predicted molar refractivity (Wildman–Crippen MR) is 63.7 cm³/mol. The molecule has 0 aliphatic heterocycles. The number of nitrogens with zero attached hydrogens (tertiary/aromatic N) is 2. The molecule has 0 aliphatic rings. The summed E-state index contributed by atoms with van der Waals surface area (Å²) in [5, 5.41) is 15.2. The lowest BCUT2D eigenvalue weighted by Crippen LogP contribution is -2.43. The molecule has 0 spiro atoms. The highest BCUT2D eigenvalue weighted by Crippen LogP contribution is 2.10. The molecule has 96 valence electrons. The lowest BCUT2D eigenvalue weighted by molar-refractivity contribution is -0.121. The smallest absolute Gasteiger partial charge is 0.243 e. The molecule has 0 radical (unpaired) electrons. The number of aliphatic hydroxyl groups is 1. The minimum atomic E-state index is -0.322. The van der Waals surface area contributed by atoms with Gasteiger partial charge in [-0.25, -0.2) is 0 Å². The number of aliphatic hydroxyl groups excluding tert-OH is 1. The summed E-state index contributed by atoms with van der Waals surface area (Å²) in [6, 6.07) is 1.34. The molecule has 0 saturated heterocycles. The number of hydrogen-bond donors (Lipinski definition) is 2. The number of aryl methyl sites for hydroxylation is 1. The average Bonchev–Trinajstić information content (AvgIpc) is 2.70. The molecule has 0 saturated carbocycles. The van der Waals surface area contributed by atoms with Gasteiger partial charge in [0.2, 0.25) is 11.8 Å². The summed E-state index contributed by atoms with van der Waals surface area (Å²) < 4.78 is 4.91. The molecule has 1 aromatic heterocycles. The molecule has 1 heterocycles. The van der Waals surface area contributed by atoms with Crippen molar-refractivity contribution in [2.75, 3.05) is 25.0 Å². The molecular weight excluding hydrogens is 222 g/mol. The molecule has 6 heteroatoms. The summed E-state index contributed by atoms with van der Waals surface area (Å²) in [5.41, 5.74) is 0.718. The second kappa shape index (κ2) is 6.36. The zero-order valence-electron chi connectivity index (χ0n) is 10.4. The van der Waals surface area contributed by atoms with E-state index in [1.807, 2.05) is 11.8 Å². The van der Waals surface area contributed by atoms with E-state index in [9.17, 15) is 4.79 Å². The third-order valence-electron chi connectivity index (χ3n) is 2.59. The second-order valence-electron chi connectivity index (χ2n) is 3.85. The van der Waals surface area contributed by atoms with Gasteiger partial charge in [-0.15, -0.1) is 0 Å². The zero-order valence-corrected chi connectivity index (χ0v) is 10.4. The van der Waals surface area contributed by atoms with Gasteiger partial charge in [0, 0.05) is 12.6 Å². The largest absolute Gasteiger partial charge is 0.395 e. The lowest BCUT2D eigenvalue weighted by atomic mass is 10.2. The monoisotopic (exact) mass is 241 g/mol. The Morgan fingerprint density at radius 1 is 1.71 bits per heavy atom. The number of likely N-dealkylation sites (N-methyl/N-ethyl adjacent to an activating group) is 1. The van der Waals surface area contributed by atoms with Crippen molar-refractivity contribution < 1.29 is 14.4 Å². The van der Waals surface area contributed by atoms with E-state index in [1.165, 1.54) is 0 Å². The van der Waals surface area contributed by atoms with Gasteiger partial charge in [-0.1, -0.05) is 12.1 Å². The normalized spacial score (nSPS) is 12.8. The Kier molecular flexibility index (Phi) is 5.11. The Hall–Kier alpha value is -1.40. The van der Waals surface area contributed by atoms with Gasteiger partial charge in [0.15, 0.2) is 0 Å². The van der Waals surface area contributed by atoms with Gasteiger partial charge in [0.25, 0.3) is 0 Å². The van der Waals surface area contributed by atoms with Crippen molar-refractivity contribution in [1.82, 2.24) is 10.1 Å². The van der Waals surface area contributed by atoms with E-state index in [-0.39, 0.29) is 18.6 Å². The molecule has 0 aliphatic carbocycles. The summed E-state index contributed by atoms with van der Waals surface area (Å²) in [5.74, 6) is 0.177. The average molecular weight is 241 g/mol. The molecule has 0 aromatic carbocycles. The number of anilines is 1. The molecular formula is C11H19N3O3. The Labute approximate surface area is 101 Å². The molecule has 1 atom stereocenters. The van der Waals surface area contributed by atoms with Crippen LogP contribution in [-0.4, -0.2) is 46.8 Å². The fourth-order valence-corrected chi connectivity index (χ4v) is 1.57. The summed E-state index contributed by atoms with van der Waals surface area (Å²) in [4.78, 5) is 13.7. The van der Waals surface area contributed by atoms with Gasteiger partial charge in [0.1, 0.15) is 0 Å². The summed E-state index contributed by atoms with van der Waals surface area (Å²) in [7, 11) is 0. The summed E-state index contributed by atoms with van der Waals surface area (Å²) in [6.45, 7) is 6.72. The molecule has 1 rings (SSSR count). The first kappa shape index (κ1) is 13.7. The van der Waals surface area contributed by atoms with Crippen molar-refractivity contribution in [3.63, 3.8) is 0 Å². The number of amides is 1. The van der Waals surface area contributed by atoms with Gasteiger partial charge in [-0.2, -0.15) is 0 Å². The van der Waals surface area contributed by atoms with Gasteiger partial charge in [-0.3, -0.25) is 15.0 Å². The highest BCUT2D eigenvalue weighted by molar-refractivity contribution is 5.93. The highest BCUT2D eigenvalue weighted by Gasteiger charge is 2.20. The number of carbonyl (C=O) groups excluding carboxylic acids is 1. The van der Waals surface area contributed by atoms with E-state index in [0.29, 0.717) is 19.0 Å². The molecule has 6 nitrogen and oxygen atoms in total. The van der Waals surface area contributed by atoms with Crippen LogP contribution in [0, 0.1) is 6.92 Å². The maximum Gasteiger partial charge on any atom is 0.243 e. The second-order valence-corrected chi connectivity index (χ2v) is 3.85. The van der Waals surface area contributed by atoms with Gasteiger partial charge in [0.05, 0.1) is 18.3 Å². The maximum absolute atomic E-state index is 11.9. The van der Waals surface area contributed by atoms with E-state index in [4.69, 9.17) is 9.63 Å². The van der Waals surface area contributed by atoms with E-state index in [0.717, 1.165) is 5.69 Å². The van der Waals surface area contributed by atoms with E-state index < -0.39 is 0 Å². The van der Waals surface area contributed by atoms with E-state index in [2.05, 4.69) is 10.5 Å². The fourth-order valence-electron chi connectivity index (χ4n) is 1.57. The van der Waals surface area contributed by atoms with Crippen molar-refractivity contribution in [3.8, 4) is 0 Å². The van der Waals surface area contributed by atoms with Crippen molar-refractivity contribution in [2.45, 2.75) is 26.8 Å². The Balaban J connectivity index is 2.56. The first-order chi connectivity index (χ1) is 8.08. The molecule has 1 aromatic rings. The minimum absolute atomic E-state index is 0.0346. The minimum Gasteiger partial charge on any atom is -0.395 e. The topological polar surface area (TPSA) is 78.6 Å². The van der Waals surface area contributed by atoms with Crippen LogP contribution in [0.3, 0.4) is 0 Å². The van der Waals surface area contributed by atoms with Crippen molar-refractivity contribution in [3.05, 3.63) is 11.8 Å². The van der Waals surface area contributed by atoms with E-state index >= 15 is 0 Å². The molecule has 2 N–H and O–H groups in total. The molecule has 1 unspecified atom stereocenters. The fraction of sp³-hybridized carbons (Fsp3) is 0.636. The van der Waals surface area contributed by atoms with Crippen molar-refractivity contribution in [2.24, 2.45) is 0 Å². The van der Waals surface area contributed by atoms with Crippen molar-refractivity contribution >= 4 is 11.8 Å². The highest BCUT2D eigenvalue weighted by atomic mass is 16.5. The quantitative estimate of drug-likeness (QED) is 0.763. The number of rotatable bonds is 6. The number of hydrogen-bond acceptors (Lipinski definition) is 5. The molecule has 17 heavy (non-hydrogen) atoms. The van der Waals surface area contributed by atoms with Crippen LogP contribution in [0.1, 0.15) is 19.5 Å². The number of nitrogens with one attached hydrogen (secondary N) is 1. The Bertz CT molecular complexity index is 365. The van der Waals surface area contributed by atoms with Crippen LogP contribution in [0.5, 0.6) is 0 Å². The zero-order chi connectivity index (χ0) is 12.8. The Morgan fingerprint density at radius 3 is 2.88 bits per heavy atom. The Morgan fingerprint density at radius 2 is 2.41 bits per heavy atom. The standard InChI is InChI=1S/C11H19N3O3/c1-4-14(5-6-15)9(3)11(16)12-10-7-8(2)13-17-10/h7,9,15H,4-6H2,1-3H3,(H,12,16). The van der Waals surface area contributed by atoms with Crippen LogP contribution in [-0.2, 0) is 4.79 Å². The van der Waals surface area contributed by atoms with E-state index in [1.54, 1.807) is 19.9 Å². The van der Waals surface area contributed by atoms with Gasteiger partial charge >= 0.3 is 0 Å². The molecule has 1 amide bonds. The summed E-state index contributed by atoms with van der Waals surface area (Å²) in [6.07, 6.45) is 0. The van der Waals surface area contributed by atoms with Crippen molar-refractivity contribution in [1.29, 1.82) is 0 Å². The number of aromatic nitrogens is 1. The first-order valence-electron chi connectivity index (χ1n) is 5.67.